The molecule has 0 saturated carbocycles. The van der Waals surface area contributed by atoms with Gasteiger partial charge in [-0.2, -0.15) is 0 Å². The minimum Gasteiger partial charge on any atom is -0.338 e. The zero-order valence-corrected chi connectivity index (χ0v) is 22.6. The number of carbonyl (C=O) groups excluding carboxylic acids is 1. The zero-order valence-electron chi connectivity index (χ0n) is 21.0. The van der Waals surface area contributed by atoms with Crippen LogP contribution in [-0.4, -0.2) is 50.0 Å². The molecule has 2 aliphatic rings. The lowest BCUT2D eigenvalue weighted by Crippen LogP contribution is -2.52. The number of carbonyl (C=O) groups is 1. The van der Waals surface area contributed by atoms with Crippen molar-refractivity contribution in [1.29, 1.82) is 0 Å². The lowest BCUT2D eigenvalue weighted by Gasteiger charge is -2.47. The first-order valence-corrected chi connectivity index (χ1v) is 14.9. The number of benzene rings is 3. The number of hydrogen-bond donors (Lipinski definition) is 0. The average Bonchev–Trinajstić information content (AvgIpc) is 3.22. The Morgan fingerprint density at radius 1 is 0.921 bits per heavy atom. The number of likely N-dealkylation sites (tertiary alicyclic amines) is 2. The van der Waals surface area contributed by atoms with E-state index in [2.05, 4.69) is 4.90 Å². The van der Waals surface area contributed by atoms with Crippen molar-refractivity contribution in [2.75, 3.05) is 25.9 Å². The van der Waals surface area contributed by atoms with Gasteiger partial charge in [0.2, 0.25) is 5.91 Å². The Hall–Kier alpha value is -2.81. The highest BCUT2D eigenvalue weighted by Crippen LogP contribution is 2.42. The van der Waals surface area contributed by atoms with Gasteiger partial charge < -0.3 is 4.90 Å². The summed E-state index contributed by atoms with van der Waals surface area (Å²) in [6, 6.07) is 18.5. The highest BCUT2D eigenvalue weighted by atomic mass is 35.5. The molecule has 2 fully saturated rings. The van der Waals surface area contributed by atoms with Crippen LogP contribution in [0.15, 0.2) is 66.7 Å². The molecule has 2 heterocycles. The van der Waals surface area contributed by atoms with Crippen LogP contribution in [0.3, 0.4) is 0 Å². The molecule has 0 aromatic heterocycles. The summed E-state index contributed by atoms with van der Waals surface area (Å²) in [5.74, 6) is -1.72. The third-order valence-corrected chi connectivity index (χ3v) is 9.26. The fourth-order valence-electron chi connectivity index (χ4n) is 5.72. The average molecular weight is 559 g/mol. The van der Waals surface area contributed by atoms with E-state index in [1.807, 2.05) is 53.4 Å². The number of rotatable bonds is 8. The topological polar surface area (TPSA) is 57.7 Å². The van der Waals surface area contributed by atoms with E-state index < -0.39 is 26.7 Å². The molecule has 0 unspecified atom stereocenters. The van der Waals surface area contributed by atoms with Crippen molar-refractivity contribution in [3.8, 4) is 0 Å². The molecular weight excluding hydrogens is 530 g/mol. The van der Waals surface area contributed by atoms with Gasteiger partial charge >= 0.3 is 0 Å². The van der Waals surface area contributed by atoms with E-state index in [9.17, 15) is 22.0 Å². The maximum absolute atomic E-state index is 13.9. The van der Waals surface area contributed by atoms with Gasteiger partial charge in [0.05, 0.1) is 11.3 Å². The lowest BCUT2D eigenvalue weighted by molar-refractivity contribution is -0.128. The van der Waals surface area contributed by atoms with Gasteiger partial charge in [-0.3, -0.25) is 9.69 Å². The molecular formula is C29H29ClF2N2O3S. The van der Waals surface area contributed by atoms with E-state index >= 15 is 0 Å². The van der Waals surface area contributed by atoms with Gasteiger partial charge in [0.1, 0.15) is 11.6 Å². The molecule has 200 valence electrons. The molecule has 0 aliphatic carbocycles. The van der Waals surface area contributed by atoms with Crippen LogP contribution in [-0.2, 0) is 21.2 Å². The fraction of sp³-hybridized carbons (Fsp3) is 0.345. The zero-order chi connectivity index (χ0) is 27.0. The summed E-state index contributed by atoms with van der Waals surface area (Å²) in [5, 5.41) is -0.389. The van der Waals surface area contributed by atoms with E-state index in [4.69, 9.17) is 11.6 Å². The fourth-order valence-corrected chi connectivity index (χ4v) is 7.34. The summed E-state index contributed by atoms with van der Waals surface area (Å²) < 4.78 is 53.4. The first kappa shape index (κ1) is 26.8. The van der Waals surface area contributed by atoms with Crippen LogP contribution in [0.4, 0.5) is 8.78 Å². The number of amides is 1. The summed E-state index contributed by atoms with van der Waals surface area (Å²) in [6.07, 6.45) is 2.61. The van der Waals surface area contributed by atoms with Gasteiger partial charge in [-0.25, -0.2) is 17.2 Å². The second-order valence-electron chi connectivity index (χ2n) is 10.3. The van der Waals surface area contributed by atoms with E-state index in [1.165, 1.54) is 0 Å². The highest BCUT2D eigenvalue weighted by molar-refractivity contribution is 7.90. The van der Waals surface area contributed by atoms with Crippen LogP contribution in [0, 0.1) is 17.6 Å². The second-order valence-corrected chi connectivity index (χ2v) is 12.9. The molecule has 5 nitrogen and oxygen atoms in total. The molecule has 2 aliphatic heterocycles. The summed E-state index contributed by atoms with van der Waals surface area (Å²) in [6.45, 7) is 2.23. The van der Waals surface area contributed by atoms with Crippen LogP contribution in [0.1, 0.15) is 46.4 Å². The molecule has 2 saturated heterocycles. The van der Waals surface area contributed by atoms with Gasteiger partial charge in [0, 0.05) is 55.9 Å². The monoisotopic (exact) mass is 558 g/mol. The summed E-state index contributed by atoms with van der Waals surface area (Å²) in [4.78, 5) is 16.1. The van der Waals surface area contributed by atoms with E-state index in [-0.39, 0.29) is 23.4 Å². The Balaban J connectivity index is 1.40. The van der Waals surface area contributed by atoms with Crippen molar-refractivity contribution in [3.63, 3.8) is 0 Å². The van der Waals surface area contributed by atoms with Crippen LogP contribution in [0.25, 0.3) is 0 Å². The number of hydrogen-bond acceptors (Lipinski definition) is 4. The van der Waals surface area contributed by atoms with Crippen molar-refractivity contribution >= 4 is 27.3 Å². The molecule has 0 N–H and O–H groups in total. The molecule has 5 rings (SSSR count). The van der Waals surface area contributed by atoms with Gasteiger partial charge in [-0.05, 0) is 52.9 Å². The van der Waals surface area contributed by atoms with Crippen molar-refractivity contribution < 1.29 is 22.0 Å². The molecule has 0 radical (unpaired) electrons. The Morgan fingerprint density at radius 2 is 1.50 bits per heavy atom. The maximum Gasteiger partial charge on any atom is 0.222 e. The van der Waals surface area contributed by atoms with Gasteiger partial charge in [0.25, 0.3) is 0 Å². The first-order valence-electron chi connectivity index (χ1n) is 12.6. The number of nitrogens with zero attached hydrogens (tertiary/aromatic N) is 2. The van der Waals surface area contributed by atoms with Crippen molar-refractivity contribution in [2.24, 2.45) is 5.92 Å². The van der Waals surface area contributed by atoms with E-state index in [0.29, 0.717) is 31.1 Å². The third-order valence-electron chi connectivity index (χ3n) is 7.43. The van der Waals surface area contributed by atoms with E-state index in [1.54, 1.807) is 0 Å². The second kappa shape index (κ2) is 10.8. The largest absolute Gasteiger partial charge is 0.338 e. The van der Waals surface area contributed by atoms with E-state index in [0.717, 1.165) is 54.1 Å². The molecule has 0 bridgehead atoms. The summed E-state index contributed by atoms with van der Waals surface area (Å²) >= 11 is 6.14. The predicted octanol–water partition coefficient (Wildman–Crippen LogP) is 5.55. The maximum atomic E-state index is 13.9. The summed E-state index contributed by atoms with van der Waals surface area (Å²) in [7, 11) is -3.63. The molecule has 2 atom stereocenters. The van der Waals surface area contributed by atoms with Gasteiger partial charge in [0.15, 0.2) is 9.84 Å². The minimum atomic E-state index is -3.63. The number of halogens is 3. The molecule has 0 spiro atoms. The van der Waals surface area contributed by atoms with Crippen molar-refractivity contribution in [3.05, 3.63) is 106 Å². The van der Waals surface area contributed by atoms with Crippen molar-refractivity contribution in [1.82, 2.24) is 9.80 Å². The molecule has 38 heavy (non-hydrogen) atoms. The minimum absolute atomic E-state index is 0.138. The summed E-state index contributed by atoms with van der Waals surface area (Å²) in [5.41, 5.74) is 3.21. The third kappa shape index (κ3) is 5.77. The quantitative estimate of drug-likeness (QED) is 0.364. The normalized spacial score (nSPS) is 18.4. The SMILES string of the molecule is CS(=O)(=O)[C@H](c1cc(F)cc(F)c1)C1CN([C@@H](c2ccc(Cl)cc2)c2ccc(CN3CCCC3=O)cc2)C1. The Kier molecular flexibility index (Phi) is 7.58. The predicted molar refractivity (Wildman–Crippen MR) is 143 cm³/mol. The standard InChI is InChI=1S/C29H29ClF2N2O3S/c1-38(36,37)29(22-13-25(31)15-26(32)14-22)23-17-34(18-23)28(21-8-10-24(30)11-9-21)20-6-4-19(5-7-20)16-33-12-2-3-27(33)35/h4-11,13-15,23,28-29H,2-3,12,16-18H2,1H3/t28-,29-/m1/s1. The van der Waals surface area contributed by atoms with Crippen LogP contribution >= 0.6 is 11.6 Å². The number of sulfone groups is 1. The lowest BCUT2D eigenvalue weighted by atomic mass is 9.86. The molecule has 3 aromatic carbocycles. The molecule has 1 amide bonds. The van der Waals surface area contributed by atoms with Crippen LogP contribution < -0.4 is 0 Å². The Bertz CT molecular complexity index is 1400. The van der Waals surface area contributed by atoms with Crippen molar-refractivity contribution in [2.45, 2.75) is 30.7 Å². The van der Waals surface area contributed by atoms with Crippen LogP contribution in [0.5, 0.6) is 0 Å². The molecule has 3 aromatic rings. The smallest absolute Gasteiger partial charge is 0.222 e. The van der Waals surface area contributed by atoms with Gasteiger partial charge in [-0.15, -0.1) is 0 Å². The molecule has 9 heteroatoms. The Morgan fingerprint density at radius 3 is 2.03 bits per heavy atom. The first-order chi connectivity index (χ1) is 18.1. The Labute approximate surface area is 226 Å². The van der Waals surface area contributed by atoms with Gasteiger partial charge in [-0.1, -0.05) is 48.0 Å². The highest BCUT2D eigenvalue weighted by Gasteiger charge is 2.43. The van der Waals surface area contributed by atoms with Crippen LogP contribution in [0.2, 0.25) is 5.02 Å².